The number of hydrogen-bond acceptors (Lipinski definition) is 6. The van der Waals surface area contributed by atoms with Gasteiger partial charge in [-0.05, 0) is 55.5 Å². The highest BCUT2D eigenvalue weighted by Gasteiger charge is 2.18. The number of rotatable bonds is 7. The average molecular weight is 367 g/mol. The van der Waals surface area contributed by atoms with E-state index in [1.54, 1.807) is 36.4 Å². The van der Waals surface area contributed by atoms with Gasteiger partial charge in [0, 0.05) is 25.5 Å². The van der Waals surface area contributed by atoms with Crippen LogP contribution < -0.4 is 15.0 Å². The summed E-state index contributed by atoms with van der Waals surface area (Å²) in [5.41, 5.74) is 2.12. The normalized spacial score (nSPS) is 11.0. The van der Waals surface area contributed by atoms with E-state index >= 15 is 0 Å². The van der Waals surface area contributed by atoms with Crippen LogP contribution in [0.2, 0.25) is 0 Å². The Hall–Kier alpha value is -3.53. The van der Waals surface area contributed by atoms with Crippen molar-refractivity contribution in [2.75, 3.05) is 30.9 Å². The maximum absolute atomic E-state index is 12.0. The second-order valence-corrected chi connectivity index (χ2v) is 5.99. The van der Waals surface area contributed by atoms with Gasteiger partial charge in [0.1, 0.15) is 5.75 Å². The zero-order chi connectivity index (χ0) is 19.8. The molecule has 0 unspecified atom stereocenters. The monoisotopic (exact) mass is 367 g/mol. The third-order valence-corrected chi connectivity index (χ3v) is 3.64. The number of carbonyl (C=O) groups is 2. The van der Waals surface area contributed by atoms with Crippen LogP contribution in [0.25, 0.3) is 0 Å². The third kappa shape index (κ3) is 6.04. The van der Waals surface area contributed by atoms with Crippen LogP contribution in [0, 0.1) is 11.3 Å². The third-order valence-electron chi connectivity index (χ3n) is 3.64. The van der Waals surface area contributed by atoms with Crippen LogP contribution in [-0.4, -0.2) is 38.7 Å². The molecule has 27 heavy (non-hydrogen) atoms. The predicted octanol–water partition coefficient (Wildman–Crippen LogP) is 2.57. The molecule has 0 spiro atoms. The lowest BCUT2D eigenvalue weighted by Crippen LogP contribution is -2.29. The lowest BCUT2D eigenvalue weighted by molar-refractivity contribution is -0.153. The molecule has 0 bridgehead atoms. The molecule has 0 fully saturated rings. The average Bonchev–Trinajstić information content (AvgIpc) is 2.67. The summed E-state index contributed by atoms with van der Waals surface area (Å²) >= 11 is 0. The highest BCUT2D eigenvalue weighted by molar-refractivity contribution is 5.93. The molecule has 0 aromatic heterocycles. The number of anilines is 2. The minimum Gasteiger partial charge on any atom is -0.479 e. The van der Waals surface area contributed by atoms with E-state index in [1.165, 1.54) is 6.92 Å². The first-order valence-corrected chi connectivity index (χ1v) is 8.29. The Bertz CT molecular complexity index is 824. The number of esters is 1. The number of hydrogen-bond donors (Lipinski definition) is 1. The molecule has 7 heteroatoms. The number of nitrogens with zero attached hydrogens (tertiary/aromatic N) is 2. The van der Waals surface area contributed by atoms with Gasteiger partial charge in [0.05, 0.1) is 11.6 Å². The van der Waals surface area contributed by atoms with E-state index < -0.39 is 24.6 Å². The minimum atomic E-state index is -0.884. The van der Waals surface area contributed by atoms with Crippen molar-refractivity contribution in [1.82, 2.24) is 0 Å². The molecule has 2 aromatic carbocycles. The number of carbonyl (C=O) groups excluding carboxylic acids is 2. The van der Waals surface area contributed by atoms with Gasteiger partial charge < -0.3 is 19.7 Å². The van der Waals surface area contributed by atoms with Crippen LogP contribution in [0.4, 0.5) is 11.4 Å². The number of benzene rings is 2. The largest absolute Gasteiger partial charge is 0.479 e. The van der Waals surface area contributed by atoms with Crippen molar-refractivity contribution in [1.29, 1.82) is 5.26 Å². The van der Waals surface area contributed by atoms with Crippen molar-refractivity contribution in [3.05, 3.63) is 54.1 Å². The molecule has 1 amide bonds. The van der Waals surface area contributed by atoms with Gasteiger partial charge in [-0.1, -0.05) is 0 Å². The van der Waals surface area contributed by atoms with Crippen molar-refractivity contribution in [3.8, 4) is 11.8 Å². The highest BCUT2D eigenvalue weighted by Crippen LogP contribution is 2.16. The molecule has 140 valence electrons. The second-order valence-electron chi connectivity index (χ2n) is 5.99. The molecule has 2 aromatic rings. The molecule has 1 atom stereocenters. The molecule has 0 saturated heterocycles. The lowest BCUT2D eigenvalue weighted by Gasteiger charge is -2.14. The fourth-order valence-electron chi connectivity index (χ4n) is 2.15. The van der Waals surface area contributed by atoms with E-state index in [2.05, 4.69) is 5.32 Å². The molecule has 7 nitrogen and oxygen atoms in total. The summed E-state index contributed by atoms with van der Waals surface area (Å²) < 4.78 is 10.4. The van der Waals surface area contributed by atoms with Crippen LogP contribution in [0.15, 0.2) is 48.5 Å². The van der Waals surface area contributed by atoms with Gasteiger partial charge >= 0.3 is 5.97 Å². The van der Waals surface area contributed by atoms with Gasteiger partial charge in [-0.15, -0.1) is 0 Å². The fourth-order valence-corrected chi connectivity index (χ4v) is 2.15. The fraction of sp³-hybridized carbons (Fsp3) is 0.250. The van der Waals surface area contributed by atoms with Crippen molar-refractivity contribution in [2.45, 2.75) is 13.0 Å². The SMILES string of the molecule is C[C@@H](Oc1ccc(C#N)cc1)C(=O)OCC(=O)Nc1ccc(N(C)C)cc1. The summed E-state index contributed by atoms with van der Waals surface area (Å²) in [4.78, 5) is 25.8. The van der Waals surface area contributed by atoms with E-state index in [1.807, 2.05) is 37.2 Å². The quantitative estimate of drug-likeness (QED) is 0.756. The Kier molecular flexibility index (Phi) is 6.78. The van der Waals surface area contributed by atoms with Crippen LogP contribution in [0.5, 0.6) is 5.75 Å². The number of ether oxygens (including phenoxy) is 2. The van der Waals surface area contributed by atoms with Crippen molar-refractivity contribution in [2.24, 2.45) is 0 Å². The van der Waals surface area contributed by atoms with Crippen LogP contribution >= 0.6 is 0 Å². The Morgan fingerprint density at radius 2 is 1.74 bits per heavy atom. The molecule has 1 N–H and O–H groups in total. The van der Waals surface area contributed by atoms with Gasteiger partial charge in [0.2, 0.25) is 0 Å². The first-order chi connectivity index (χ1) is 12.9. The number of nitriles is 1. The Balaban J connectivity index is 1.79. The summed E-state index contributed by atoms with van der Waals surface area (Å²) in [6, 6.07) is 15.6. The highest BCUT2D eigenvalue weighted by atomic mass is 16.6. The van der Waals surface area contributed by atoms with E-state index in [-0.39, 0.29) is 0 Å². The molecular formula is C20H21N3O4. The van der Waals surface area contributed by atoms with E-state index in [0.29, 0.717) is 17.0 Å². The number of nitrogens with one attached hydrogen (secondary N) is 1. The van der Waals surface area contributed by atoms with Crippen molar-refractivity contribution >= 4 is 23.3 Å². The van der Waals surface area contributed by atoms with Gasteiger partial charge in [-0.25, -0.2) is 4.79 Å². The smallest absolute Gasteiger partial charge is 0.347 e. The zero-order valence-electron chi connectivity index (χ0n) is 15.4. The van der Waals surface area contributed by atoms with Crippen LogP contribution in [-0.2, 0) is 14.3 Å². The van der Waals surface area contributed by atoms with E-state index in [9.17, 15) is 9.59 Å². The maximum atomic E-state index is 12.0. The second kappa shape index (κ2) is 9.25. The maximum Gasteiger partial charge on any atom is 0.347 e. The van der Waals surface area contributed by atoms with Crippen LogP contribution in [0.1, 0.15) is 12.5 Å². The Morgan fingerprint density at radius 3 is 2.30 bits per heavy atom. The van der Waals surface area contributed by atoms with E-state index in [0.717, 1.165) is 5.69 Å². The van der Waals surface area contributed by atoms with Crippen molar-refractivity contribution in [3.63, 3.8) is 0 Å². The first-order valence-electron chi connectivity index (χ1n) is 8.29. The molecule has 0 aliphatic rings. The van der Waals surface area contributed by atoms with Gasteiger partial charge in [0.15, 0.2) is 12.7 Å². The first kappa shape index (κ1) is 19.8. The molecule has 0 aliphatic heterocycles. The van der Waals surface area contributed by atoms with Crippen molar-refractivity contribution < 1.29 is 19.1 Å². The predicted molar refractivity (Wildman–Crippen MR) is 102 cm³/mol. The summed E-state index contributed by atoms with van der Waals surface area (Å²) in [7, 11) is 3.85. The van der Waals surface area contributed by atoms with Crippen LogP contribution in [0.3, 0.4) is 0 Å². The van der Waals surface area contributed by atoms with Gasteiger partial charge in [0.25, 0.3) is 5.91 Å². The number of amides is 1. The van der Waals surface area contributed by atoms with Gasteiger partial charge in [-0.2, -0.15) is 5.26 Å². The Labute approximate surface area is 158 Å². The summed E-state index contributed by atoms with van der Waals surface area (Å²) in [6.07, 6.45) is -0.884. The molecule has 0 heterocycles. The molecular weight excluding hydrogens is 346 g/mol. The molecule has 0 aliphatic carbocycles. The molecule has 0 radical (unpaired) electrons. The lowest BCUT2D eigenvalue weighted by atomic mass is 10.2. The topological polar surface area (TPSA) is 91.7 Å². The summed E-state index contributed by atoms with van der Waals surface area (Å²) in [6.45, 7) is 1.12. The summed E-state index contributed by atoms with van der Waals surface area (Å²) in [5, 5.41) is 11.4. The van der Waals surface area contributed by atoms with Gasteiger partial charge in [-0.3, -0.25) is 4.79 Å². The Morgan fingerprint density at radius 1 is 1.11 bits per heavy atom. The molecule has 0 saturated carbocycles. The minimum absolute atomic E-state index is 0.407. The summed E-state index contributed by atoms with van der Waals surface area (Å²) in [5.74, 6) is -0.659. The molecule has 2 rings (SSSR count). The standard InChI is InChI=1S/C20H21N3O4/c1-14(27-18-10-4-15(12-21)5-11-18)20(25)26-13-19(24)22-16-6-8-17(9-7-16)23(2)3/h4-11,14H,13H2,1-3H3,(H,22,24)/t14-/m1/s1. The zero-order valence-corrected chi connectivity index (χ0v) is 15.4. The van der Waals surface area contributed by atoms with E-state index in [4.69, 9.17) is 14.7 Å².